The molecule has 1 aromatic heterocycles. The Morgan fingerprint density at radius 2 is 2.11 bits per heavy atom. The molecule has 0 saturated carbocycles. The maximum Gasteiger partial charge on any atom is 0.178 e. The molecule has 1 unspecified atom stereocenters. The fraction of sp³-hybridized carbons (Fsp3) is 0.688. The Morgan fingerprint density at radius 3 is 2.63 bits per heavy atom. The van der Waals surface area contributed by atoms with E-state index in [9.17, 15) is 4.79 Å². The summed E-state index contributed by atoms with van der Waals surface area (Å²) in [6.45, 7) is 10.2. The molecule has 0 aliphatic carbocycles. The van der Waals surface area contributed by atoms with Crippen LogP contribution in [0.25, 0.3) is 0 Å². The first-order valence-electron chi connectivity index (χ1n) is 7.32. The Balaban J connectivity index is 2.11. The Labute approximate surface area is 116 Å². The van der Waals surface area contributed by atoms with Crippen LogP contribution in [0.1, 0.15) is 48.4 Å². The van der Waals surface area contributed by atoms with Gasteiger partial charge in [-0.15, -0.1) is 0 Å². The zero-order chi connectivity index (χ0) is 14.2. The van der Waals surface area contributed by atoms with Gasteiger partial charge in [-0.3, -0.25) is 9.69 Å². The van der Waals surface area contributed by atoms with E-state index in [4.69, 9.17) is 0 Å². The lowest BCUT2D eigenvalue weighted by molar-refractivity contribution is 0.0903. The smallest absolute Gasteiger partial charge is 0.178 e. The first-order chi connectivity index (χ1) is 8.91. The molecule has 1 fully saturated rings. The molecule has 0 radical (unpaired) electrons. The van der Waals surface area contributed by atoms with E-state index in [-0.39, 0.29) is 5.78 Å². The molecule has 19 heavy (non-hydrogen) atoms. The molecule has 0 amide bonds. The van der Waals surface area contributed by atoms with Crippen LogP contribution >= 0.6 is 0 Å². The summed E-state index contributed by atoms with van der Waals surface area (Å²) in [6, 6.07) is 2.60. The van der Waals surface area contributed by atoms with E-state index in [1.807, 2.05) is 20.0 Å². The van der Waals surface area contributed by atoms with Crippen LogP contribution in [0, 0.1) is 19.8 Å². The van der Waals surface area contributed by atoms with Gasteiger partial charge in [0.05, 0.1) is 6.54 Å². The van der Waals surface area contributed by atoms with Crippen molar-refractivity contribution in [2.45, 2.75) is 46.6 Å². The molecule has 0 spiro atoms. The van der Waals surface area contributed by atoms with Crippen LogP contribution in [0.2, 0.25) is 0 Å². The van der Waals surface area contributed by atoms with Crippen molar-refractivity contribution in [1.29, 1.82) is 0 Å². The number of ketones is 1. The van der Waals surface area contributed by atoms with Gasteiger partial charge in [0.2, 0.25) is 0 Å². The lowest BCUT2D eigenvalue weighted by atomic mass is 10.0. The van der Waals surface area contributed by atoms with Gasteiger partial charge in [-0.25, -0.2) is 0 Å². The Morgan fingerprint density at radius 1 is 1.42 bits per heavy atom. The molecule has 1 atom stereocenters. The van der Waals surface area contributed by atoms with Crippen LogP contribution < -0.4 is 0 Å². The van der Waals surface area contributed by atoms with Gasteiger partial charge in [-0.2, -0.15) is 0 Å². The highest BCUT2D eigenvalue weighted by Gasteiger charge is 2.29. The van der Waals surface area contributed by atoms with Crippen LogP contribution in [0.4, 0.5) is 0 Å². The second kappa shape index (κ2) is 5.49. The first-order valence-corrected chi connectivity index (χ1v) is 7.32. The first kappa shape index (κ1) is 14.3. The van der Waals surface area contributed by atoms with E-state index in [0.717, 1.165) is 23.5 Å². The molecular formula is C16H26N2O. The minimum Gasteiger partial charge on any atom is -0.351 e. The predicted octanol–water partition coefficient (Wildman–Crippen LogP) is 2.95. The van der Waals surface area contributed by atoms with Gasteiger partial charge >= 0.3 is 0 Å². The van der Waals surface area contributed by atoms with Gasteiger partial charge in [-0.05, 0) is 45.2 Å². The number of nitrogens with zero attached hydrogens (tertiary/aromatic N) is 2. The lowest BCUT2D eigenvalue weighted by Crippen LogP contribution is -2.37. The zero-order valence-electron chi connectivity index (χ0n) is 12.9. The van der Waals surface area contributed by atoms with Crippen molar-refractivity contribution in [2.75, 3.05) is 13.1 Å². The van der Waals surface area contributed by atoms with Crippen molar-refractivity contribution in [1.82, 2.24) is 9.47 Å². The third-order valence-electron chi connectivity index (χ3n) is 4.61. The van der Waals surface area contributed by atoms with E-state index < -0.39 is 0 Å². The summed E-state index contributed by atoms with van der Waals surface area (Å²) < 4.78 is 2.09. The maximum absolute atomic E-state index is 12.5. The van der Waals surface area contributed by atoms with Crippen molar-refractivity contribution in [3.8, 4) is 0 Å². The minimum atomic E-state index is 0.272. The number of Topliss-reactive ketones (excluding diaryl/α,β-unsaturated/α-hetero) is 1. The number of carbonyl (C=O) groups excluding carboxylic acids is 1. The van der Waals surface area contributed by atoms with Gasteiger partial charge in [0, 0.05) is 30.0 Å². The normalized spacial score (nSPS) is 20.4. The summed E-state index contributed by atoms with van der Waals surface area (Å²) >= 11 is 0. The molecule has 0 N–H and O–H groups in total. The predicted molar refractivity (Wildman–Crippen MR) is 78.7 cm³/mol. The summed E-state index contributed by atoms with van der Waals surface area (Å²) in [5.41, 5.74) is 3.14. The maximum atomic E-state index is 12.5. The van der Waals surface area contributed by atoms with E-state index in [1.54, 1.807) is 0 Å². The molecule has 3 nitrogen and oxygen atoms in total. The molecule has 0 aromatic carbocycles. The summed E-state index contributed by atoms with van der Waals surface area (Å²) in [4.78, 5) is 14.9. The molecule has 1 aliphatic heterocycles. The van der Waals surface area contributed by atoms with Crippen molar-refractivity contribution >= 4 is 5.78 Å². The number of likely N-dealkylation sites (tertiary alicyclic amines) is 1. The van der Waals surface area contributed by atoms with Crippen molar-refractivity contribution in [2.24, 2.45) is 13.0 Å². The molecule has 2 rings (SSSR count). The zero-order valence-corrected chi connectivity index (χ0v) is 12.9. The van der Waals surface area contributed by atoms with E-state index in [0.29, 0.717) is 18.5 Å². The highest BCUT2D eigenvalue weighted by Crippen LogP contribution is 2.24. The van der Waals surface area contributed by atoms with Crippen LogP contribution in [-0.4, -0.2) is 34.4 Å². The second-order valence-electron chi connectivity index (χ2n) is 6.19. The number of aromatic nitrogens is 1. The number of rotatable bonds is 4. The van der Waals surface area contributed by atoms with Gasteiger partial charge < -0.3 is 4.57 Å². The van der Waals surface area contributed by atoms with Crippen molar-refractivity contribution < 1.29 is 4.79 Å². The standard InChI is InChI=1S/C16H26N2O/c1-11(2)15-7-6-8-18(15)10-16(19)14-9-12(3)17(5)13(14)4/h9,11,15H,6-8,10H2,1-5H3. The van der Waals surface area contributed by atoms with Gasteiger partial charge in [-0.1, -0.05) is 13.8 Å². The van der Waals surface area contributed by atoms with Crippen LogP contribution in [0.15, 0.2) is 6.07 Å². The molecule has 1 aromatic rings. The van der Waals surface area contributed by atoms with Crippen LogP contribution in [0.3, 0.4) is 0 Å². The SMILES string of the molecule is Cc1cc(C(=O)CN2CCCC2C(C)C)c(C)n1C. The average Bonchev–Trinajstić information content (AvgIpc) is 2.90. The fourth-order valence-electron chi connectivity index (χ4n) is 3.21. The van der Waals surface area contributed by atoms with E-state index in [2.05, 4.69) is 30.2 Å². The summed E-state index contributed by atoms with van der Waals surface area (Å²) in [5.74, 6) is 0.905. The monoisotopic (exact) mass is 262 g/mol. The van der Waals surface area contributed by atoms with E-state index in [1.165, 1.54) is 12.8 Å². The molecule has 2 heterocycles. The molecule has 106 valence electrons. The van der Waals surface area contributed by atoms with Gasteiger partial charge in [0.15, 0.2) is 5.78 Å². The fourth-order valence-corrected chi connectivity index (χ4v) is 3.21. The summed E-state index contributed by atoms with van der Waals surface area (Å²) in [7, 11) is 2.02. The third kappa shape index (κ3) is 2.76. The highest BCUT2D eigenvalue weighted by molar-refractivity contribution is 5.99. The largest absolute Gasteiger partial charge is 0.351 e. The quantitative estimate of drug-likeness (QED) is 0.780. The number of aryl methyl sites for hydroxylation is 1. The van der Waals surface area contributed by atoms with Crippen LogP contribution in [0.5, 0.6) is 0 Å². The van der Waals surface area contributed by atoms with Crippen molar-refractivity contribution in [3.05, 3.63) is 23.0 Å². The van der Waals surface area contributed by atoms with Gasteiger partial charge in [0.1, 0.15) is 0 Å². The number of carbonyl (C=O) groups is 1. The highest BCUT2D eigenvalue weighted by atomic mass is 16.1. The van der Waals surface area contributed by atoms with Crippen molar-refractivity contribution in [3.63, 3.8) is 0 Å². The topological polar surface area (TPSA) is 25.2 Å². The Hall–Kier alpha value is -1.09. The lowest BCUT2D eigenvalue weighted by Gasteiger charge is -2.26. The second-order valence-corrected chi connectivity index (χ2v) is 6.19. The Bertz CT molecular complexity index is 473. The summed E-state index contributed by atoms with van der Waals surface area (Å²) in [5, 5.41) is 0. The third-order valence-corrected chi connectivity index (χ3v) is 4.61. The number of hydrogen-bond donors (Lipinski definition) is 0. The molecular weight excluding hydrogens is 236 g/mol. The average molecular weight is 262 g/mol. The molecule has 1 aliphatic rings. The molecule has 0 bridgehead atoms. The van der Waals surface area contributed by atoms with E-state index >= 15 is 0 Å². The van der Waals surface area contributed by atoms with Gasteiger partial charge in [0.25, 0.3) is 0 Å². The van der Waals surface area contributed by atoms with Crippen LogP contribution in [-0.2, 0) is 7.05 Å². The molecule has 3 heteroatoms. The number of hydrogen-bond acceptors (Lipinski definition) is 2. The minimum absolute atomic E-state index is 0.272. The molecule has 1 saturated heterocycles. The Kier molecular flexibility index (Phi) is 4.14. The summed E-state index contributed by atoms with van der Waals surface area (Å²) in [6.07, 6.45) is 2.46.